The molecule has 2 heteroatoms. The van der Waals surface area contributed by atoms with Gasteiger partial charge in [-0.25, -0.2) is 0 Å². The van der Waals surface area contributed by atoms with Gasteiger partial charge in [-0.2, -0.15) is 0 Å². The number of ketones is 1. The van der Waals surface area contributed by atoms with Crippen molar-refractivity contribution in [3.05, 3.63) is 40.4 Å². The average molecular weight is 275 g/mol. The van der Waals surface area contributed by atoms with Crippen molar-refractivity contribution in [2.75, 3.05) is 0 Å². The number of Topliss-reactive ketones (excluding diaryl/α,β-unsaturated/α-hetero) is 1. The number of carbonyl (C=O) groups is 1. The topological polar surface area (TPSA) is 17.1 Å². The molecule has 0 unspecified atom stereocenters. The van der Waals surface area contributed by atoms with E-state index in [1.165, 1.54) is 25.7 Å². The van der Waals surface area contributed by atoms with Crippen molar-refractivity contribution >= 4 is 23.5 Å². The Morgan fingerprint density at radius 1 is 1.11 bits per heavy atom. The first-order chi connectivity index (χ1) is 9.25. The van der Waals surface area contributed by atoms with Crippen molar-refractivity contribution in [3.8, 4) is 0 Å². The van der Waals surface area contributed by atoms with Gasteiger partial charge in [0.15, 0.2) is 5.78 Å². The van der Waals surface area contributed by atoms with Crippen molar-refractivity contribution in [3.63, 3.8) is 0 Å². The summed E-state index contributed by atoms with van der Waals surface area (Å²) in [5.41, 5.74) is 1.95. The van der Waals surface area contributed by atoms with E-state index in [0.29, 0.717) is 11.7 Å². The van der Waals surface area contributed by atoms with E-state index in [0.717, 1.165) is 29.0 Å². The molecule has 1 nitrogen and oxygen atoms in total. The van der Waals surface area contributed by atoms with Gasteiger partial charge in [0.05, 0.1) is 0 Å². The van der Waals surface area contributed by atoms with Crippen LogP contribution in [0.1, 0.15) is 44.1 Å². The van der Waals surface area contributed by atoms with Crippen molar-refractivity contribution in [1.82, 2.24) is 0 Å². The van der Waals surface area contributed by atoms with E-state index in [1.54, 1.807) is 0 Å². The third-order valence-corrected chi connectivity index (χ3v) is 4.93. The maximum absolute atomic E-state index is 12.5. The summed E-state index contributed by atoms with van der Waals surface area (Å²) in [4.78, 5) is 12.5. The summed E-state index contributed by atoms with van der Waals surface area (Å²) in [5, 5.41) is 0.729. The molecule has 0 radical (unpaired) electrons. The van der Waals surface area contributed by atoms with Crippen LogP contribution in [0, 0.1) is 11.8 Å². The fourth-order valence-corrected chi connectivity index (χ4v) is 3.73. The molecule has 2 aliphatic carbocycles. The number of benzene rings is 1. The highest BCUT2D eigenvalue weighted by Crippen LogP contribution is 2.41. The van der Waals surface area contributed by atoms with Crippen LogP contribution >= 0.6 is 11.6 Å². The second-order valence-electron chi connectivity index (χ2n) is 5.75. The normalized spacial score (nSPS) is 26.5. The fourth-order valence-electron chi connectivity index (χ4n) is 3.54. The highest BCUT2D eigenvalue weighted by atomic mass is 35.5. The summed E-state index contributed by atoms with van der Waals surface area (Å²) in [7, 11) is 0. The number of hydrogen-bond donors (Lipinski definition) is 0. The lowest BCUT2D eigenvalue weighted by Gasteiger charge is -2.15. The minimum atomic E-state index is 0.288. The molecule has 0 bridgehead atoms. The summed E-state index contributed by atoms with van der Waals surface area (Å²) >= 11 is 6.16. The monoisotopic (exact) mass is 274 g/mol. The van der Waals surface area contributed by atoms with Crippen LogP contribution < -0.4 is 0 Å². The van der Waals surface area contributed by atoms with Crippen LogP contribution in [0.15, 0.2) is 29.8 Å². The number of halogens is 1. The molecule has 2 saturated carbocycles. The number of rotatable bonds is 2. The molecule has 0 saturated heterocycles. The van der Waals surface area contributed by atoms with Gasteiger partial charge in [-0.1, -0.05) is 42.6 Å². The van der Waals surface area contributed by atoms with Crippen LogP contribution in [-0.4, -0.2) is 5.78 Å². The van der Waals surface area contributed by atoms with Crippen LogP contribution in [0.5, 0.6) is 0 Å². The predicted molar refractivity (Wildman–Crippen MR) is 79.1 cm³/mol. The second-order valence-corrected chi connectivity index (χ2v) is 6.15. The molecule has 0 spiro atoms. The van der Waals surface area contributed by atoms with E-state index >= 15 is 0 Å². The Morgan fingerprint density at radius 3 is 2.58 bits per heavy atom. The fraction of sp³-hybridized carbons (Fsp3) is 0.471. The molecule has 0 N–H and O–H groups in total. The number of carbonyl (C=O) groups excluding carboxylic acids is 1. The van der Waals surface area contributed by atoms with E-state index in [-0.39, 0.29) is 5.92 Å². The molecular formula is C17H19ClO. The summed E-state index contributed by atoms with van der Waals surface area (Å²) in [6.45, 7) is 0. The molecule has 19 heavy (non-hydrogen) atoms. The molecule has 1 aromatic carbocycles. The zero-order valence-electron chi connectivity index (χ0n) is 11.1. The molecule has 0 heterocycles. The first kappa shape index (κ1) is 12.9. The maximum atomic E-state index is 12.5. The quantitative estimate of drug-likeness (QED) is 0.702. The largest absolute Gasteiger partial charge is 0.294 e. The van der Waals surface area contributed by atoms with E-state index in [9.17, 15) is 4.79 Å². The lowest BCUT2D eigenvalue weighted by Crippen LogP contribution is -2.16. The van der Waals surface area contributed by atoms with Crippen LogP contribution in [0.25, 0.3) is 6.08 Å². The van der Waals surface area contributed by atoms with E-state index in [1.807, 2.05) is 30.3 Å². The minimum absolute atomic E-state index is 0.288. The van der Waals surface area contributed by atoms with Gasteiger partial charge in [0.2, 0.25) is 0 Å². The van der Waals surface area contributed by atoms with E-state index < -0.39 is 0 Å². The summed E-state index contributed by atoms with van der Waals surface area (Å²) < 4.78 is 0. The maximum Gasteiger partial charge on any atom is 0.162 e. The van der Waals surface area contributed by atoms with E-state index in [4.69, 9.17) is 11.6 Å². The van der Waals surface area contributed by atoms with Gasteiger partial charge >= 0.3 is 0 Å². The molecule has 0 aromatic heterocycles. The number of allylic oxidation sites excluding steroid dienone is 1. The molecular weight excluding hydrogens is 256 g/mol. The Hall–Kier alpha value is -1.08. The second kappa shape index (κ2) is 5.50. The SMILES string of the molecule is O=C1/C(=C/c2ccccc2Cl)CC[C@@H]1C1CCCC1. The lowest BCUT2D eigenvalue weighted by molar-refractivity contribution is -0.119. The molecule has 100 valence electrons. The molecule has 2 aliphatic rings. The van der Waals surface area contributed by atoms with Gasteiger partial charge in [-0.15, -0.1) is 0 Å². The van der Waals surface area contributed by atoms with Crippen LogP contribution in [0.3, 0.4) is 0 Å². The molecule has 1 atom stereocenters. The third kappa shape index (κ3) is 2.62. The van der Waals surface area contributed by atoms with Crippen molar-refractivity contribution < 1.29 is 4.79 Å². The van der Waals surface area contributed by atoms with E-state index in [2.05, 4.69) is 0 Å². The first-order valence-electron chi connectivity index (χ1n) is 7.25. The van der Waals surface area contributed by atoms with Gasteiger partial charge in [-0.05, 0) is 54.9 Å². The third-order valence-electron chi connectivity index (χ3n) is 4.58. The van der Waals surface area contributed by atoms with Gasteiger partial charge in [0.25, 0.3) is 0 Å². The van der Waals surface area contributed by atoms with Gasteiger partial charge < -0.3 is 0 Å². The van der Waals surface area contributed by atoms with Crippen LogP contribution in [0.2, 0.25) is 5.02 Å². The molecule has 2 fully saturated rings. The van der Waals surface area contributed by atoms with Gasteiger partial charge in [0.1, 0.15) is 0 Å². The molecule has 3 rings (SSSR count). The Balaban J connectivity index is 1.80. The Labute approximate surface area is 119 Å². The summed E-state index contributed by atoms with van der Waals surface area (Å²) in [6, 6.07) is 7.74. The summed E-state index contributed by atoms with van der Waals surface area (Å²) in [5.74, 6) is 1.31. The summed E-state index contributed by atoms with van der Waals surface area (Å²) in [6.07, 6.45) is 9.06. The molecule has 0 aliphatic heterocycles. The van der Waals surface area contributed by atoms with Crippen LogP contribution in [0.4, 0.5) is 0 Å². The smallest absolute Gasteiger partial charge is 0.162 e. The minimum Gasteiger partial charge on any atom is -0.294 e. The zero-order chi connectivity index (χ0) is 13.2. The van der Waals surface area contributed by atoms with Gasteiger partial charge in [0, 0.05) is 10.9 Å². The first-order valence-corrected chi connectivity index (χ1v) is 7.63. The van der Waals surface area contributed by atoms with Gasteiger partial charge in [-0.3, -0.25) is 4.79 Å². The van der Waals surface area contributed by atoms with Crippen molar-refractivity contribution in [1.29, 1.82) is 0 Å². The average Bonchev–Trinajstić information content (AvgIpc) is 3.03. The standard InChI is InChI=1S/C17H19ClO/c18-16-8-4-3-7-13(16)11-14-9-10-15(17(14)19)12-5-1-2-6-12/h3-4,7-8,11-12,15H,1-2,5-6,9-10H2/b14-11+/t15-/m1/s1. The highest BCUT2D eigenvalue weighted by molar-refractivity contribution is 6.32. The highest BCUT2D eigenvalue weighted by Gasteiger charge is 2.36. The lowest BCUT2D eigenvalue weighted by atomic mass is 9.88. The van der Waals surface area contributed by atoms with Crippen molar-refractivity contribution in [2.24, 2.45) is 11.8 Å². The Morgan fingerprint density at radius 2 is 1.84 bits per heavy atom. The molecule has 1 aromatic rings. The van der Waals surface area contributed by atoms with Crippen LogP contribution in [-0.2, 0) is 4.79 Å². The predicted octanol–water partition coefficient (Wildman–Crippen LogP) is 4.89. The Bertz CT molecular complexity index is 512. The van der Waals surface area contributed by atoms with Crippen molar-refractivity contribution in [2.45, 2.75) is 38.5 Å². The zero-order valence-corrected chi connectivity index (χ0v) is 11.8. The number of hydrogen-bond acceptors (Lipinski definition) is 1. The Kier molecular flexibility index (Phi) is 3.74. The molecule has 0 amide bonds.